The summed E-state index contributed by atoms with van der Waals surface area (Å²) in [5.41, 5.74) is -1.55. The third kappa shape index (κ3) is 2.69. The number of imide groups is 1. The monoisotopic (exact) mass is 382 g/mol. The second-order valence-corrected chi connectivity index (χ2v) is 5.55. The SMILES string of the molecule is COc1c(F)c(F)c(C(=O)Nc2ccc3c(c2)C(=O)N(C)C3=O)c(F)c1F. The van der Waals surface area contributed by atoms with Gasteiger partial charge in [0, 0.05) is 12.7 Å². The third-order valence-corrected chi connectivity index (χ3v) is 4.00. The molecule has 3 amide bonds. The van der Waals surface area contributed by atoms with Crippen molar-refractivity contribution < 1.29 is 36.7 Å². The topological polar surface area (TPSA) is 75.7 Å². The highest BCUT2D eigenvalue weighted by Crippen LogP contribution is 2.31. The molecule has 0 aromatic heterocycles. The fourth-order valence-electron chi connectivity index (χ4n) is 2.62. The molecule has 1 N–H and O–H groups in total. The number of carbonyl (C=O) groups excluding carboxylic acids is 3. The number of rotatable bonds is 3. The van der Waals surface area contributed by atoms with Crippen LogP contribution in [-0.2, 0) is 0 Å². The summed E-state index contributed by atoms with van der Waals surface area (Å²) in [4.78, 5) is 36.7. The number of halogens is 4. The highest BCUT2D eigenvalue weighted by atomic mass is 19.2. The lowest BCUT2D eigenvalue weighted by Crippen LogP contribution is -2.24. The van der Waals surface area contributed by atoms with Crippen molar-refractivity contribution in [1.29, 1.82) is 0 Å². The van der Waals surface area contributed by atoms with Gasteiger partial charge in [-0.1, -0.05) is 0 Å². The Kier molecular flexibility index (Phi) is 4.34. The second kappa shape index (κ2) is 6.38. The molecule has 0 bridgehead atoms. The standard InChI is InChI=1S/C17H10F4N2O4/c1-23-16(25)7-4-3-6(5-8(7)17(23)26)22-15(24)9-10(18)12(20)14(27-2)13(21)11(9)19/h3-5H,1-2H3,(H,22,24). The van der Waals surface area contributed by atoms with E-state index in [2.05, 4.69) is 4.74 Å². The Morgan fingerprint density at radius 1 is 0.963 bits per heavy atom. The van der Waals surface area contributed by atoms with E-state index < -0.39 is 52.3 Å². The van der Waals surface area contributed by atoms with Crippen LogP contribution in [-0.4, -0.2) is 36.8 Å². The van der Waals surface area contributed by atoms with Crippen LogP contribution in [0.15, 0.2) is 18.2 Å². The number of anilines is 1. The summed E-state index contributed by atoms with van der Waals surface area (Å²) in [5.74, 6) is -11.6. The van der Waals surface area contributed by atoms with Gasteiger partial charge in [-0.15, -0.1) is 0 Å². The van der Waals surface area contributed by atoms with E-state index in [1.54, 1.807) is 0 Å². The number of hydrogen-bond acceptors (Lipinski definition) is 4. The lowest BCUT2D eigenvalue weighted by atomic mass is 10.1. The molecule has 10 heteroatoms. The van der Waals surface area contributed by atoms with Gasteiger partial charge in [0.2, 0.25) is 11.6 Å². The molecule has 27 heavy (non-hydrogen) atoms. The summed E-state index contributed by atoms with van der Waals surface area (Å²) in [6.45, 7) is 0. The average Bonchev–Trinajstić information content (AvgIpc) is 2.85. The number of carbonyl (C=O) groups is 3. The van der Waals surface area contributed by atoms with Gasteiger partial charge < -0.3 is 10.1 Å². The number of methoxy groups -OCH3 is 1. The largest absolute Gasteiger partial charge is 0.491 e. The van der Waals surface area contributed by atoms with Crippen LogP contribution in [0.25, 0.3) is 0 Å². The van der Waals surface area contributed by atoms with Crippen molar-refractivity contribution >= 4 is 23.4 Å². The van der Waals surface area contributed by atoms with Gasteiger partial charge in [-0.05, 0) is 18.2 Å². The number of benzene rings is 2. The third-order valence-electron chi connectivity index (χ3n) is 4.00. The van der Waals surface area contributed by atoms with Crippen LogP contribution in [0.1, 0.15) is 31.1 Å². The number of fused-ring (bicyclic) bond motifs is 1. The van der Waals surface area contributed by atoms with E-state index in [0.717, 1.165) is 18.1 Å². The Morgan fingerprint density at radius 3 is 2.07 bits per heavy atom. The van der Waals surface area contributed by atoms with E-state index in [1.807, 2.05) is 5.32 Å². The molecule has 0 saturated heterocycles. The summed E-state index contributed by atoms with van der Waals surface area (Å²) in [7, 11) is 2.07. The van der Waals surface area contributed by atoms with E-state index in [0.29, 0.717) is 0 Å². The molecule has 1 aliphatic rings. The van der Waals surface area contributed by atoms with Gasteiger partial charge in [-0.2, -0.15) is 8.78 Å². The molecular weight excluding hydrogens is 372 g/mol. The minimum absolute atomic E-state index is 0.0339. The predicted molar refractivity (Wildman–Crippen MR) is 83.6 cm³/mol. The number of ether oxygens (including phenoxy) is 1. The van der Waals surface area contributed by atoms with Crippen molar-refractivity contribution in [2.24, 2.45) is 0 Å². The van der Waals surface area contributed by atoms with Crippen LogP contribution < -0.4 is 10.1 Å². The summed E-state index contributed by atoms with van der Waals surface area (Å²) in [6, 6.07) is 3.55. The second-order valence-electron chi connectivity index (χ2n) is 5.55. The fraction of sp³-hybridized carbons (Fsp3) is 0.118. The average molecular weight is 382 g/mol. The minimum Gasteiger partial charge on any atom is -0.491 e. The molecule has 140 valence electrons. The van der Waals surface area contributed by atoms with Crippen LogP contribution in [0.4, 0.5) is 23.2 Å². The molecule has 0 aliphatic carbocycles. The van der Waals surface area contributed by atoms with Crippen molar-refractivity contribution in [2.75, 3.05) is 19.5 Å². The molecule has 0 saturated carbocycles. The Bertz CT molecular complexity index is 993. The van der Waals surface area contributed by atoms with E-state index in [4.69, 9.17) is 0 Å². The van der Waals surface area contributed by atoms with Crippen molar-refractivity contribution in [3.05, 3.63) is 58.2 Å². The van der Waals surface area contributed by atoms with Gasteiger partial charge in [0.1, 0.15) is 5.56 Å². The Morgan fingerprint density at radius 2 is 1.52 bits per heavy atom. The van der Waals surface area contributed by atoms with Crippen LogP contribution in [0.3, 0.4) is 0 Å². The van der Waals surface area contributed by atoms with Gasteiger partial charge in [0.15, 0.2) is 17.4 Å². The molecular formula is C17H10F4N2O4. The minimum atomic E-state index is -1.93. The molecule has 2 aromatic rings. The normalized spacial score (nSPS) is 13.0. The lowest BCUT2D eigenvalue weighted by Gasteiger charge is -2.11. The Labute approximate surface area is 149 Å². The highest BCUT2D eigenvalue weighted by molar-refractivity contribution is 6.21. The molecule has 0 atom stereocenters. The van der Waals surface area contributed by atoms with Crippen LogP contribution in [0.2, 0.25) is 0 Å². The molecule has 0 unspecified atom stereocenters. The molecule has 0 fully saturated rings. The zero-order valence-electron chi connectivity index (χ0n) is 13.8. The number of amides is 3. The van der Waals surface area contributed by atoms with E-state index in [-0.39, 0.29) is 16.8 Å². The fourth-order valence-corrected chi connectivity index (χ4v) is 2.62. The number of nitrogens with one attached hydrogen (secondary N) is 1. The molecule has 3 rings (SSSR count). The van der Waals surface area contributed by atoms with Gasteiger partial charge in [0.25, 0.3) is 17.7 Å². The van der Waals surface area contributed by atoms with Crippen LogP contribution >= 0.6 is 0 Å². The zero-order valence-corrected chi connectivity index (χ0v) is 13.8. The van der Waals surface area contributed by atoms with Crippen molar-refractivity contribution in [1.82, 2.24) is 4.90 Å². The van der Waals surface area contributed by atoms with E-state index >= 15 is 0 Å². The van der Waals surface area contributed by atoms with Crippen molar-refractivity contribution in [3.8, 4) is 5.75 Å². The molecule has 0 radical (unpaired) electrons. The first-order valence-corrected chi connectivity index (χ1v) is 7.36. The first-order valence-electron chi connectivity index (χ1n) is 7.36. The predicted octanol–water partition coefficient (Wildman–Crippen LogP) is 2.73. The van der Waals surface area contributed by atoms with E-state index in [1.165, 1.54) is 19.2 Å². The molecule has 2 aromatic carbocycles. The summed E-state index contributed by atoms with van der Waals surface area (Å²) < 4.78 is 59.7. The van der Waals surface area contributed by atoms with Crippen molar-refractivity contribution in [3.63, 3.8) is 0 Å². The molecule has 6 nitrogen and oxygen atoms in total. The van der Waals surface area contributed by atoms with Gasteiger partial charge in [0.05, 0.1) is 18.2 Å². The summed E-state index contributed by atoms with van der Waals surface area (Å²) in [5, 5.41) is 2.04. The summed E-state index contributed by atoms with van der Waals surface area (Å²) >= 11 is 0. The first-order chi connectivity index (χ1) is 12.7. The van der Waals surface area contributed by atoms with Gasteiger partial charge >= 0.3 is 0 Å². The maximum atomic E-state index is 14.0. The summed E-state index contributed by atoms with van der Waals surface area (Å²) in [6.07, 6.45) is 0. The number of nitrogens with zero attached hydrogens (tertiary/aromatic N) is 1. The molecule has 1 aliphatic heterocycles. The maximum absolute atomic E-state index is 14.0. The van der Waals surface area contributed by atoms with Gasteiger partial charge in [-0.3, -0.25) is 19.3 Å². The molecule has 0 spiro atoms. The van der Waals surface area contributed by atoms with Crippen molar-refractivity contribution in [2.45, 2.75) is 0 Å². The van der Waals surface area contributed by atoms with E-state index in [9.17, 15) is 31.9 Å². The Hall–Kier alpha value is -3.43. The number of hydrogen-bond donors (Lipinski definition) is 1. The smallest absolute Gasteiger partial charge is 0.261 e. The van der Waals surface area contributed by atoms with Crippen LogP contribution in [0, 0.1) is 23.3 Å². The first kappa shape index (κ1) is 18.4. The maximum Gasteiger partial charge on any atom is 0.261 e. The van der Waals surface area contributed by atoms with Gasteiger partial charge in [-0.25, -0.2) is 8.78 Å². The zero-order chi connectivity index (χ0) is 20.0. The lowest BCUT2D eigenvalue weighted by molar-refractivity contribution is 0.0692. The van der Waals surface area contributed by atoms with Crippen LogP contribution in [0.5, 0.6) is 5.75 Å². The molecule has 1 heterocycles. The quantitative estimate of drug-likeness (QED) is 0.503. The Balaban J connectivity index is 1.99. The highest BCUT2D eigenvalue weighted by Gasteiger charge is 2.34.